The lowest BCUT2D eigenvalue weighted by molar-refractivity contribution is -0.137. The van der Waals surface area contributed by atoms with E-state index in [1.165, 1.54) is 12.1 Å². The van der Waals surface area contributed by atoms with Crippen LogP contribution < -0.4 is 10.6 Å². The van der Waals surface area contributed by atoms with Crippen LogP contribution in [0, 0.1) is 0 Å². The normalized spacial score (nSPS) is 16.4. The summed E-state index contributed by atoms with van der Waals surface area (Å²) >= 11 is 0. The Morgan fingerprint density at radius 1 is 1.00 bits per heavy atom. The molecule has 0 spiro atoms. The second-order valence-corrected chi connectivity index (χ2v) is 7.22. The van der Waals surface area contributed by atoms with Gasteiger partial charge in [-0.25, -0.2) is 0 Å². The molecule has 29 heavy (non-hydrogen) atoms. The SMILES string of the molecule is CN=C(NCCCCN1CCN(C)CC1)NCCc1ccc(C(F)(F)F)cc1.I. The average Bonchev–Trinajstić information content (AvgIpc) is 2.67. The lowest BCUT2D eigenvalue weighted by Crippen LogP contribution is -2.44. The fraction of sp³-hybridized carbons (Fsp3) is 0.650. The molecule has 5 nitrogen and oxygen atoms in total. The first-order valence-electron chi connectivity index (χ1n) is 9.90. The van der Waals surface area contributed by atoms with E-state index in [2.05, 4.69) is 32.5 Å². The number of unbranched alkanes of at least 4 members (excludes halogenated alkanes) is 1. The largest absolute Gasteiger partial charge is 0.416 e. The van der Waals surface area contributed by atoms with Crippen LogP contribution in [-0.4, -0.2) is 75.7 Å². The highest BCUT2D eigenvalue weighted by Crippen LogP contribution is 2.29. The van der Waals surface area contributed by atoms with Crippen molar-refractivity contribution in [3.8, 4) is 0 Å². The van der Waals surface area contributed by atoms with Gasteiger partial charge in [-0.3, -0.25) is 4.99 Å². The van der Waals surface area contributed by atoms with Crippen molar-refractivity contribution in [1.29, 1.82) is 0 Å². The van der Waals surface area contributed by atoms with E-state index in [1.807, 2.05) is 0 Å². The van der Waals surface area contributed by atoms with Crippen LogP contribution in [0.3, 0.4) is 0 Å². The predicted molar refractivity (Wildman–Crippen MR) is 123 cm³/mol. The lowest BCUT2D eigenvalue weighted by Gasteiger charge is -2.32. The molecule has 1 aromatic rings. The van der Waals surface area contributed by atoms with Crippen molar-refractivity contribution >= 4 is 29.9 Å². The van der Waals surface area contributed by atoms with Gasteiger partial charge >= 0.3 is 6.18 Å². The van der Waals surface area contributed by atoms with E-state index in [9.17, 15) is 13.2 Å². The number of likely N-dealkylation sites (N-methyl/N-ethyl adjacent to an activating group) is 1. The molecule has 1 aromatic carbocycles. The number of guanidine groups is 1. The quantitative estimate of drug-likeness (QED) is 0.236. The van der Waals surface area contributed by atoms with E-state index in [0.29, 0.717) is 13.0 Å². The second-order valence-electron chi connectivity index (χ2n) is 7.22. The molecule has 1 fully saturated rings. The number of alkyl halides is 3. The Kier molecular flexibility index (Phi) is 11.9. The Labute approximate surface area is 189 Å². The van der Waals surface area contributed by atoms with E-state index in [-0.39, 0.29) is 24.0 Å². The smallest absolute Gasteiger partial charge is 0.356 e. The molecule has 0 aromatic heterocycles. The summed E-state index contributed by atoms with van der Waals surface area (Å²) in [6.45, 7) is 7.20. The second kappa shape index (κ2) is 13.3. The van der Waals surface area contributed by atoms with Gasteiger partial charge in [0.1, 0.15) is 0 Å². The summed E-state index contributed by atoms with van der Waals surface area (Å²) in [6.07, 6.45) is -1.42. The Hall–Kier alpha value is -1.07. The van der Waals surface area contributed by atoms with Gasteiger partial charge in [-0.2, -0.15) is 13.2 Å². The molecular weight excluding hydrogens is 494 g/mol. The van der Waals surface area contributed by atoms with Crippen molar-refractivity contribution in [1.82, 2.24) is 20.4 Å². The number of aliphatic imine (C=N–C) groups is 1. The molecule has 0 radical (unpaired) electrons. The maximum Gasteiger partial charge on any atom is 0.416 e. The highest BCUT2D eigenvalue weighted by Gasteiger charge is 2.29. The van der Waals surface area contributed by atoms with Crippen LogP contribution in [0.15, 0.2) is 29.3 Å². The maximum absolute atomic E-state index is 12.6. The first-order valence-corrected chi connectivity index (χ1v) is 9.90. The first-order chi connectivity index (χ1) is 13.4. The van der Waals surface area contributed by atoms with Gasteiger partial charge < -0.3 is 20.4 Å². The third kappa shape index (κ3) is 9.99. The summed E-state index contributed by atoms with van der Waals surface area (Å²) in [5.74, 6) is 0.728. The van der Waals surface area contributed by atoms with Gasteiger partial charge in [0.05, 0.1) is 5.56 Å². The predicted octanol–water partition coefficient (Wildman–Crippen LogP) is 3.06. The molecule has 2 rings (SSSR count). The molecule has 1 aliphatic heterocycles. The van der Waals surface area contributed by atoms with Gasteiger partial charge in [0.2, 0.25) is 0 Å². The van der Waals surface area contributed by atoms with E-state index in [4.69, 9.17) is 0 Å². The zero-order valence-electron chi connectivity index (χ0n) is 17.3. The highest BCUT2D eigenvalue weighted by atomic mass is 127. The molecule has 9 heteroatoms. The third-order valence-electron chi connectivity index (χ3n) is 5.00. The van der Waals surface area contributed by atoms with Gasteiger partial charge in [-0.05, 0) is 50.6 Å². The molecule has 0 atom stereocenters. The van der Waals surface area contributed by atoms with E-state index >= 15 is 0 Å². The fourth-order valence-corrected chi connectivity index (χ4v) is 3.14. The zero-order valence-corrected chi connectivity index (χ0v) is 19.6. The fourth-order valence-electron chi connectivity index (χ4n) is 3.14. The number of benzene rings is 1. The van der Waals surface area contributed by atoms with Crippen LogP contribution in [0.2, 0.25) is 0 Å². The van der Waals surface area contributed by atoms with Gasteiger partial charge in [0, 0.05) is 46.3 Å². The van der Waals surface area contributed by atoms with Gasteiger partial charge in [0.25, 0.3) is 0 Å². The number of nitrogens with zero attached hydrogens (tertiary/aromatic N) is 3. The van der Waals surface area contributed by atoms with E-state index in [0.717, 1.165) is 75.8 Å². The Morgan fingerprint density at radius 3 is 2.21 bits per heavy atom. The van der Waals surface area contributed by atoms with E-state index in [1.54, 1.807) is 7.05 Å². The number of nitrogens with one attached hydrogen (secondary N) is 2. The monoisotopic (exact) mass is 527 g/mol. The summed E-state index contributed by atoms with van der Waals surface area (Å²) in [6, 6.07) is 5.31. The molecule has 2 N–H and O–H groups in total. The third-order valence-corrected chi connectivity index (χ3v) is 5.00. The minimum atomic E-state index is -4.28. The molecule has 1 aliphatic rings. The van der Waals surface area contributed by atoms with Crippen molar-refractivity contribution in [3.05, 3.63) is 35.4 Å². The van der Waals surface area contributed by atoms with Gasteiger partial charge in [-0.1, -0.05) is 12.1 Å². The van der Waals surface area contributed by atoms with Crippen LogP contribution in [0.5, 0.6) is 0 Å². The van der Waals surface area contributed by atoms with Gasteiger partial charge in [-0.15, -0.1) is 24.0 Å². The molecule has 166 valence electrons. The topological polar surface area (TPSA) is 42.9 Å². The summed E-state index contributed by atoms with van der Waals surface area (Å²) in [5, 5.41) is 6.50. The van der Waals surface area contributed by atoms with Crippen LogP contribution >= 0.6 is 24.0 Å². The van der Waals surface area contributed by atoms with Crippen LogP contribution in [-0.2, 0) is 12.6 Å². The molecule has 0 amide bonds. The number of hydrogen-bond acceptors (Lipinski definition) is 3. The van der Waals surface area contributed by atoms with Crippen molar-refractivity contribution in [3.63, 3.8) is 0 Å². The average molecular weight is 527 g/mol. The number of rotatable bonds is 8. The molecular formula is C20H33F3IN5. The summed E-state index contributed by atoms with van der Waals surface area (Å²) in [4.78, 5) is 9.06. The van der Waals surface area contributed by atoms with Crippen LogP contribution in [0.1, 0.15) is 24.0 Å². The summed E-state index contributed by atoms with van der Waals surface area (Å²) in [5.41, 5.74) is 0.251. The first kappa shape index (κ1) is 26.0. The van der Waals surface area contributed by atoms with Crippen molar-refractivity contribution in [2.24, 2.45) is 4.99 Å². The Balaban J connectivity index is 0.00000420. The van der Waals surface area contributed by atoms with Crippen molar-refractivity contribution in [2.45, 2.75) is 25.4 Å². The maximum atomic E-state index is 12.6. The highest BCUT2D eigenvalue weighted by molar-refractivity contribution is 14.0. The van der Waals surface area contributed by atoms with Crippen molar-refractivity contribution < 1.29 is 13.2 Å². The Bertz CT molecular complexity index is 599. The molecule has 0 bridgehead atoms. The lowest BCUT2D eigenvalue weighted by atomic mass is 10.1. The number of piperazine rings is 1. The Morgan fingerprint density at radius 2 is 1.62 bits per heavy atom. The summed E-state index contributed by atoms with van der Waals surface area (Å²) in [7, 11) is 3.88. The van der Waals surface area contributed by atoms with Gasteiger partial charge in [0.15, 0.2) is 5.96 Å². The number of halogens is 4. The minimum absolute atomic E-state index is 0. The number of hydrogen-bond donors (Lipinski definition) is 2. The minimum Gasteiger partial charge on any atom is -0.356 e. The molecule has 0 unspecified atom stereocenters. The molecule has 1 heterocycles. The van der Waals surface area contributed by atoms with Crippen molar-refractivity contribution in [2.75, 3.05) is 59.9 Å². The van der Waals surface area contributed by atoms with Crippen LogP contribution in [0.25, 0.3) is 0 Å². The summed E-state index contributed by atoms with van der Waals surface area (Å²) < 4.78 is 37.7. The van der Waals surface area contributed by atoms with E-state index < -0.39 is 11.7 Å². The van der Waals surface area contributed by atoms with Crippen LogP contribution in [0.4, 0.5) is 13.2 Å². The molecule has 0 aliphatic carbocycles. The standard InChI is InChI=1S/C20H32F3N5.HI/c1-24-19(25-10-3-4-12-28-15-13-27(2)14-16-28)26-11-9-17-5-7-18(8-6-17)20(21,22)23;/h5-8H,3-4,9-16H2,1-2H3,(H2,24,25,26);1H. The molecule has 1 saturated heterocycles. The molecule has 0 saturated carbocycles. The zero-order chi connectivity index (χ0) is 20.4.